The first kappa shape index (κ1) is 15.6. The van der Waals surface area contributed by atoms with Crippen molar-refractivity contribution in [2.45, 2.75) is 18.2 Å². The number of hydrogen-bond donors (Lipinski definition) is 0. The summed E-state index contributed by atoms with van der Waals surface area (Å²) < 4.78 is 2.26. The SMILES string of the molecule is Cc1cc(Br)c(C(Br)Cc2ccc(Cl)cc2)cc1Br. The van der Waals surface area contributed by atoms with Crippen LogP contribution in [0.3, 0.4) is 0 Å². The lowest BCUT2D eigenvalue weighted by Gasteiger charge is -2.14. The van der Waals surface area contributed by atoms with E-state index in [9.17, 15) is 0 Å². The van der Waals surface area contributed by atoms with Gasteiger partial charge in [-0.25, -0.2) is 0 Å². The van der Waals surface area contributed by atoms with Crippen LogP contribution in [0.4, 0.5) is 0 Å². The third kappa shape index (κ3) is 4.07. The highest BCUT2D eigenvalue weighted by atomic mass is 79.9. The second kappa shape index (κ2) is 6.75. The van der Waals surface area contributed by atoms with E-state index in [0.717, 1.165) is 20.4 Å². The number of halogens is 4. The van der Waals surface area contributed by atoms with E-state index in [1.165, 1.54) is 16.7 Å². The van der Waals surface area contributed by atoms with E-state index >= 15 is 0 Å². The molecule has 1 unspecified atom stereocenters. The second-order valence-corrected chi connectivity index (χ2v) is 7.67. The van der Waals surface area contributed by atoms with Gasteiger partial charge in [-0.05, 0) is 54.3 Å². The molecule has 100 valence electrons. The van der Waals surface area contributed by atoms with Crippen molar-refractivity contribution in [1.82, 2.24) is 0 Å². The van der Waals surface area contributed by atoms with Gasteiger partial charge in [-0.15, -0.1) is 0 Å². The van der Waals surface area contributed by atoms with Crippen molar-refractivity contribution < 1.29 is 0 Å². The first-order valence-corrected chi connectivity index (χ1v) is 8.69. The molecule has 0 spiro atoms. The highest BCUT2D eigenvalue weighted by Gasteiger charge is 2.13. The fraction of sp³-hybridized carbons (Fsp3) is 0.200. The van der Waals surface area contributed by atoms with Gasteiger partial charge in [0.05, 0.1) is 0 Å². The molecule has 0 radical (unpaired) electrons. The second-order valence-electron chi connectivity index (χ2n) is 4.42. The summed E-state index contributed by atoms with van der Waals surface area (Å²) in [6, 6.07) is 12.3. The largest absolute Gasteiger partial charge is 0.0843 e. The van der Waals surface area contributed by atoms with Gasteiger partial charge in [0, 0.05) is 18.8 Å². The molecule has 0 aliphatic carbocycles. The average molecular weight is 467 g/mol. The van der Waals surface area contributed by atoms with Gasteiger partial charge in [-0.1, -0.05) is 71.5 Å². The summed E-state index contributed by atoms with van der Waals surface area (Å²) in [4.78, 5) is 0.264. The van der Waals surface area contributed by atoms with Gasteiger partial charge in [0.1, 0.15) is 0 Å². The predicted octanol–water partition coefficient (Wildman–Crippen LogP) is 6.85. The fourth-order valence-corrected chi connectivity index (χ4v) is 4.12. The number of rotatable bonds is 3. The summed E-state index contributed by atoms with van der Waals surface area (Å²) in [6.07, 6.45) is 0.922. The van der Waals surface area contributed by atoms with Crippen LogP contribution in [0, 0.1) is 6.92 Å². The van der Waals surface area contributed by atoms with Gasteiger partial charge in [0.15, 0.2) is 0 Å². The van der Waals surface area contributed by atoms with E-state index in [0.29, 0.717) is 0 Å². The molecule has 0 aromatic heterocycles. The maximum absolute atomic E-state index is 5.90. The normalized spacial score (nSPS) is 12.5. The van der Waals surface area contributed by atoms with E-state index < -0.39 is 0 Å². The van der Waals surface area contributed by atoms with Gasteiger partial charge in [-0.3, -0.25) is 0 Å². The lowest BCUT2D eigenvalue weighted by molar-refractivity contribution is 0.941. The van der Waals surface area contributed by atoms with E-state index in [4.69, 9.17) is 11.6 Å². The fourth-order valence-electron chi connectivity index (χ4n) is 1.84. The van der Waals surface area contributed by atoms with Gasteiger partial charge in [-0.2, -0.15) is 0 Å². The lowest BCUT2D eigenvalue weighted by Crippen LogP contribution is -1.97. The maximum Gasteiger partial charge on any atom is 0.0447 e. The zero-order valence-electron chi connectivity index (χ0n) is 10.3. The number of aryl methyl sites for hydroxylation is 1. The molecule has 0 nitrogen and oxygen atoms in total. The summed E-state index contributed by atoms with van der Waals surface area (Å²) in [5.41, 5.74) is 3.73. The van der Waals surface area contributed by atoms with Crippen molar-refractivity contribution in [1.29, 1.82) is 0 Å². The standard InChI is InChI=1S/C15H12Br3Cl/c1-9-6-14(17)12(8-13(9)16)15(18)7-10-2-4-11(19)5-3-10/h2-6,8,15H,7H2,1H3. The van der Waals surface area contributed by atoms with E-state index in [-0.39, 0.29) is 4.83 Å². The van der Waals surface area contributed by atoms with Crippen molar-refractivity contribution in [3.63, 3.8) is 0 Å². The molecule has 0 aliphatic rings. The molecule has 0 amide bonds. The van der Waals surface area contributed by atoms with Crippen LogP contribution in [0.1, 0.15) is 21.5 Å². The minimum atomic E-state index is 0.264. The molecular formula is C15H12Br3Cl. The van der Waals surface area contributed by atoms with Gasteiger partial charge < -0.3 is 0 Å². The Labute approximate surface area is 143 Å². The van der Waals surface area contributed by atoms with Gasteiger partial charge in [0.25, 0.3) is 0 Å². The first-order valence-electron chi connectivity index (χ1n) is 5.81. The average Bonchev–Trinajstić information content (AvgIpc) is 2.36. The molecule has 2 aromatic carbocycles. The quantitative estimate of drug-likeness (QED) is 0.433. The van der Waals surface area contributed by atoms with Crippen molar-refractivity contribution >= 4 is 59.4 Å². The molecule has 0 saturated heterocycles. The minimum absolute atomic E-state index is 0.264. The molecule has 0 fully saturated rings. The first-order chi connectivity index (χ1) is 8.97. The van der Waals surface area contributed by atoms with Crippen molar-refractivity contribution in [2.75, 3.05) is 0 Å². The zero-order valence-corrected chi connectivity index (χ0v) is 15.8. The summed E-state index contributed by atoms with van der Waals surface area (Å²) in [5.74, 6) is 0. The molecule has 0 saturated carbocycles. The minimum Gasteiger partial charge on any atom is -0.0843 e. The number of benzene rings is 2. The van der Waals surface area contributed by atoms with Crippen LogP contribution in [0.5, 0.6) is 0 Å². The molecule has 0 bridgehead atoms. The number of hydrogen-bond acceptors (Lipinski definition) is 0. The van der Waals surface area contributed by atoms with Gasteiger partial charge in [0.2, 0.25) is 0 Å². The third-order valence-corrected chi connectivity index (χ3v) is 5.55. The molecule has 1 atom stereocenters. The topological polar surface area (TPSA) is 0 Å². The van der Waals surface area contributed by atoms with Crippen LogP contribution < -0.4 is 0 Å². The molecule has 2 rings (SSSR count). The third-order valence-electron chi connectivity index (χ3n) is 2.94. The van der Waals surface area contributed by atoms with E-state index in [2.05, 4.69) is 79.0 Å². The highest BCUT2D eigenvalue weighted by molar-refractivity contribution is 9.11. The predicted molar refractivity (Wildman–Crippen MR) is 93.4 cm³/mol. The Balaban J connectivity index is 2.22. The Morgan fingerprint density at radius 3 is 2.32 bits per heavy atom. The van der Waals surface area contributed by atoms with Crippen LogP contribution >= 0.6 is 59.4 Å². The van der Waals surface area contributed by atoms with Crippen LogP contribution in [-0.4, -0.2) is 0 Å². The summed E-state index contributed by atoms with van der Waals surface area (Å²) in [7, 11) is 0. The summed E-state index contributed by atoms with van der Waals surface area (Å²) >= 11 is 16.9. The smallest absolute Gasteiger partial charge is 0.0447 e. The maximum atomic E-state index is 5.90. The van der Waals surface area contributed by atoms with Crippen molar-refractivity contribution in [3.8, 4) is 0 Å². The zero-order chi connectivity index (χ0) is 14.0. The van der Waals surface area contributed by atoms with E-state index in [1.807, 2.05) is 12.1 Å². The monoisotopic (exact) mass is 464 g/mol. The van der Waals surface area contributed by atoms with Crippen LogP contribution in [0.25, 0.3) is 0 Å². The Morgan fingerprint density at radius 2 is 1.68 bits per heavy atom. The van der Waals surface area contributed by atoms with Crippen molar-refractivity contribution in [3.05, 3.63) is 67.1 Å². The Kier molecular flexibility index (Phi) is 5.53. The molecule has 0 aliphatic heterocycles. The summed E-state index contributed by atoms with van der Waals surface area (Å²) in [5, 5.41) is 0.772. The molecule has 4 heteroatoms. The summed E-state index contributed by atoms with van der Waals surface area (Å²) in [6.45, 7) is 2.08. The van der Waals surface area contributed by atoms with Crippen molar-refractivity contribution in [2.24, 2.45) is 0 Å². The molecular weight excluding hydrogens is 455 g/mol. The molecule has 0 heterocycles. The lowest BCUT2D eigenvalue weighted by atomic mass is 10.0. The Morgan fingerprint density at radius 1 is 1.05 bits per heavy atom. The van der Waals surface area contributed by atoms with E-state index in [1.54, 1.807) is 0 Å². The van der Waals surface area contributed by atoms with Crippen LogP contribution in [0.2, 0.25) is 5.02 Å². The Bertz CT molecular complexity index is 579. The Hall–Kier alpha value is 0.170. The van der Waals surface area contributed by atoms with Crippen LogP contribution in [-0.2, 0) is 6.42 Å². The van der Waals surface area contributed by atoms with Gasteiger partial charge >= 0.3 is 0 Å². The molecule has 0 N–H and O–H groups in total. The molecule has 19 heavy (non-hydrogen) atoms. The highest BCUT2D eigenvalue weighted by Crippen LogP contribution is 2.36. The van der Waals surface area contributed by atoms with Crippen LogP contribution in [0.15, 0.2) is 45.3 Å². The number of alkyl halides is 1. The molecule has 2 aromatic rings.